The second kappa shape index (κ2) is 21.9. The Morgan fingerprint density at radius 2 is 1.59 bits per heavy atom. The zero-order valence-electron chi connectivity index (χ0n) is 37.8. The van der Waals surface area contributed by atoms with Gasteiger partial charge < -0.3 is 58.7 Å². The third-order valence-electron chi connectivity index (χ3n) is 12.9. The molecule has 0 saturated carbocycles. The summed E-state index contributed by atoms with van der Waals surface area (Å²) in [5, 5.41) is 58.7. The molecule has 16 heteroatoms. The van der Waals surface area contributed by atoms with Gasteiger partial charge in [0.2, 0.25) is 0 Å². The molecule has 6 bridgehead atoms. The summed E-state index contributed by atoms with van der Waals surface area (Å²) in [6.07, 6.45) is 4.22. The molecule has 352 valence electrons. The average Bonchev–Trinajstić information content (AvgIpc) is 3.19. The predicted molar refractivity (Wildman–Crippen MR) is 227 cm³/mol. The van der Waals surface area contributed by atoms with E-state index in [2.05, 4.69) is 0 Å². The molecule has 0 aliphatic carbocycles. The summed E-state index contributed by atoms with van der Waals surface area (Å²) in [5.41, 5.74) is -2.09. The lowest BCUT2D eigenvalue weighted by Gasteiger charge is -2.53. The highest BCUT2D eigenvalue weighted by molar-refractivity contribution is 6.01. The average molecular weight is 889 g/mol. The zero-order chi connectivity index (χ0) is 46.9. The van der Waals surface area contributed by atoms with E-state index in [1.165, 1.54) is 32.3 Å². The Bertz CT molecular complexity index is 1790. The maximum absolute atomic E-state index is 13.9. The number of hydrogen-bond donors (Lipinski definition) is 5. The van der Waals surface area contributed by atoms with E-state index in [0.717, 1.165) is 26.0 Å². The number of hydrogen-bond acceptors (Lipinski definition) is 16. The number of carbonyl (C=O) groups excluding carboxylic acids is 5. The first kappa shape index (κ1) is 51.8. The minimum atomic E-state index is -2.48. The van der Waals surface area contributed by atoms with E-state index in [1.54, 1.807) is 45.9 Å². The predicted octanol–water partition coefficient (Wildman–Crippen LogP) is 3.80. The van der Waals surface area contributed by atoms with Crippen molar-refractivity contribution < 1.29 is 77.9 Å². The molecule has 0 spiro atoms. The Morgan fingerprint density at radius 3 is 2.22 bits per heavy atom. The molecule has 4 heterocycles. The Kier molecular flexibility index (Phi) is 18.0. The highest BCUT2D eigenvalue weighted by Gasteiger charge is 2.59. The quantitative estimate of drug-likeness (QED) is 0.0399. The molecule has 63 heavy (non-hydrogen) atoms. The van der Waals surface area contributed by atoms with E-state index >= 15 is 0 Å². The van der Waals surface area contributed by atoms with E-state index in [-0.39, 0.29) is 50.5 Å². The molecule has 12 atom stereocenters. The highest BCUT2D eigenvalue weighted by Crippen LogP contribution is 2.52. The Labute approximate surface area is 370 Å². The monoisotopic (exact) mass is 888 g/mol. The number of unbranched alkanes of at least 4 members (excludes halogenated alkanes) is 1. The van der Waals surface area contributed by atoms with Crippen molar-refractivity contribution in [2.24, 2.45) is 22.7 Å². The second-order valence-electron chi connectivity index (χ2n) is 18.4. The number of aliphatic hydroxyl groups excluding tert-OH is 3. The Balaban J connectivity index is 1.92. The summed E-state index contributed by atoms with van der Waals surface area (Å²) in [6.45, 7) is 9.84. The fraction of sp³-hybridized carbons (Fsp3) is 0.681. The van der Waals surface area contributed by atoms with E-state index in [9.17, 15) is 49.5 Å². The van der Waals surface area contributed by atoms with Crippen LogP contribution in [0.5, 0.6) is 0 Å². The first-order valence-corrected chi connectivity index (χ1v) is 21.8. The van der Waals surface area contributed by atoms with Crippen LogP contribution in [-0.2, 0) is 52.4 Å². The normalized spacial score (nSPS) is 36.8. The molecule has 4 rings (SSSR count). The van der Waals surface area contributed by atoms with Crippen molar-refractivity contribution in [1.82, 2.24) is 0 Å². The number of rotatable bonds is 10. The number of carbonyl (C=O) groups is 5. The SMILES string of the molecule is CCC/C=C/C=C/C(=O)[C@H](C=O)C1/C(=C/C(=O)OC)C[C@H]2C[C@H]([C@@H](C)O)OC(=O)C[C@H](O)C[C@@H]3C[C@H](O)C(C)(C)[C@](O)(C[C@@H]4C/C(=C\C(=O)OC)C[C@H](/C=C/C(C)(C)[C@]1(O)O2)O4)O3. The molecular formula is C47H68O16. The molecule has 3 saturated heterocycles. The van der Waals surface area contributed by atoms with Gasteiger partial charge in [0.25, 0.3) is 0 Å². The fourth-order valence-corrected chi connectivity index (χ4v) is 8.90. The van der Waals surface area contributed by atoms with Crippen molar-refractivity contribution in [3.63, 3.8) is 0 Å². The summed E-state index contributed by atoms with van der Waals surface area (Å²) in [7, 11) is 2.39. The van der Waals surface area contributed by atoms with Crippen LogP contribution >= 0.6 is 0 Å². The number of aliphatic hydroxyl groups is 5. The first-order chi connectivity index (χ1) is 29.5. The minimum absolute atomic E-state index is 0.0321. The molecule has 0 radical (unpaired) electrons. The minimum Gasteiger partial charge on any atom is -0.466 e. The number of esters is 3. The summed E-state index contributed by atoms with van der Waals surface area (Å²) in [4.78, 5) is 65.9. The molecule has 3 fully saturated rings. The van der Waals surface area contributed by atoms with E-state index in [1.807, 2.05) is 13.0 Å². The van der Waals surface area contributed by atoms with Crippen molar-refractivity contribution in [3.8, 4) is 0 Å². The summed E-state index contributed by atoms with van der Waals surface area (Å²) in [5.74, 6) is -10.6. The zero-order valence-corrected chi connectivity index (χ0v) is 37.8. The number of ether oxygens (including phenoxy) is 6. The number of allylic oxidation sites excluding steroid dienone is 4. The van der Waals surface area contributed by atoms with E-state index in [4.69, 9.17) is 28.4 Å². The largest absolute Gasteiger partial charge is 0.466 e. The maximum Gasteiger partial charge on any atom is 0.330 e. The van der Waals surface area contributed by atoms with Crippen molar-refractivity contribution in [2.75, 3.05) is 14.2 Å². The lowest BCUT2D eigenvalue weighted by molar-refractivity contribution is -0.348. The first-order valence-electron chi connectivity index (χ1n) is 21.8. The van der Waals surface area contributed by atoms with E-state index in [0.29, 0.717) is 11.9 Å². The molecule has 5 N–H and O–H groups in total. The van der Waals surface area contributed by atoms with Crippen LogP contribution in [0, 0.1) is 22.7 Å². The van der Waals surface area contributed by atoms with Gasteiger partial charge in [-0.25, -0.2) is 9.59 Å². The molecule has 0 aromatic heterocycles. The molecule has 0 aromatic rings. The molecule has 1 unspecified atom stereocenters. The fourth-order valence-electron chi connectivity index (χ4n) is 8.90. The lowest BCUT2D eigenvalue weighted by Crippen LogP contribution is -2.61. The number of aldehydes is 1. The third-order valence-corrected chi connectivity index (χ3v) is 12.9. The van der Waals surface area contributed by atoms with Gasteiger partial charge in [0.1, 0.15) is 12.4 Å². The van der Waals surface area contributed by atoms with Crippen LogP contribution in [0.1, 0.15) is 106 Å². The van der Waals surface area contributed by atoms with Gasteiger partial charge in [0.05, 0.1) is 75.2 Å². The molecule has 0 aromatic carbocycles. The van der Waals surface area contributed by atoms with Gasteiger partial charge in [0, 0.05) is 48.7 Å². The van der Waals surface area contributed by atoms with E-state index < -0.39 is 113 Å². The standard InChI is InChI=1S/C47H68O16/c1-9-10-11-12-13-14-37(51)36(27-48)43-30(21-41(54)59-8)20-33-24-38(28(2)49)61-42(55)23-31(50)22-34-25-39(52)45(5,6)46(56,62-34)26-35-18-29(19-40(53)58-7)17-32(60-35)15-16-44(3,4)47(43,57)63-33/h11-16,19,21,27-28,31-36,38-39,43,49-50,52,56-57H,9-10,17-18,20,22-26H2,1-8H3/b12-11+,14-13+,16-15+,29-19-,30-21+/t28-,31-,32+,33+,34-,35+,36+,38-,39+,43?,46+,47-/m1/s1. The number of methoxy groups -OCH3 is 2. The smallest absolute Gasteiger partial charge is 0.330 e. The highest BCUT2D eigenvalue weighted by atomic mass is 16.6. The van der Waals surface area contributed by atoms with Gasteiger partial charge in [-0.1, -0.05) is 82.6 Å². The van der Waals surface area contributed by atoms with Crippen LogP contribution in [0.4, 0.5) is 0 Å². The third kappa shape index (κ3) is 12.7. The van der Waals surface area contributed by atoms with Crippen molar-refractivity contribution in [3.05, 3.63) is 59.8 Å². The summed E-state index contributed by atoms with van der Waals surface area (Å²) in [6, 6.07) is 0. The van der Waals surface area contributed by atoms with Crippen LogP contribution in [0.15, 0.2) is 59.8 Å². The summed E-state index contributed by atoms with van der Waals surface area (Å²) < 4.78 is 35.0. The van der Waals surface area contributed by atoms with Gasteiger partial charge in [-0.15, -0.1) is 0 Å². The van der Waals surface area contributed by atoms with Crippen molar-refractivity contribution in [1.29, 1.82) is 0 Å². The van der Waals surface area contributed by atoms with Crippen LogP contribution in [-0.4, -0.2) is 130 Å². The summed E-state index contributed by atoms with van der Waals surface area (Å²) >= 11 is 0. The van der Waals surface area contributed by atoms with Crippen LogP contribution in [0.25, 0.3) is 0 Å². The molecule has 4 aliphatic rings. The van der Waals surface area contributed by atoms with Crippen LogP contribution in [0.2, 0.25) is 0 Å². The lowest BCUT2D eigenvalue weighted by atomic mass is 9.64. The number of fused-ring (bicyclic) bond motifs is 6. The topological polar surface area (TPSA) is 242 Å². The van der Waals surface area contributed by atoms with Gasteiger partial charge in [0.15, 0.2) is 17.4 Å². The molecule has 4 aliphatic heterocycles. The Hall–Kier alpha value is -3.87. The van der Waals surface area contributed by atoms with Gasteiger partial charge in [-0.05, 0) is 38.7 Å². The number of ketones is 1. The van der Waals surface area contributed by atoms with Crippen molar-refractivity contribution >= 4 is 30.0 Å². The van der Waals surface area contributed by atoms with Crippen LogP contribution in [0.3, 0.4) is 0 Å². The van der Waals surface area contributed by atoms with Gasteiger partial charge >= 0.3 is 17.9 Å². The van der Waals surface area contributed by atoms with Crippen LogP contribution < -0.4 is 0 Å². The maximum atomic E-state index is 13.9. The molecule has 0 amide bonds. The number of cyclic esters (lactones) is 1. The molecular weight excluding hydrogens is 821 g/mol. The van der Waals surface area contributed by atoms with Gasteiger partial charge in [-0.2, -0.15) is 0 Å². The molecule has 16 nitrogen and oxygen atoms in total. The second-order valence-corrected chi connectivity index (χ2v) is 18.4. The Morgan fingerprint density at radius 1 is 0.905 bits per heavy atom. The van der Waals surface area contributed by atoms with Gasteiger partial charge in [-0.3, -0.25) is 9.59 Å². The van der Waals surface area contributed by atoms with Crippen molar-refractivity contribution in [2.45, 2.75) is 166 Å².